The van der Waals surface area contributed by atoms with Crippen LogP contribution in [0.3, 0.4) is 0 Å². The highest BCUT2D eigenvalue weighted by Crippen LogP contribution is 2.48. The summed E-state index contributed by atoms with van der Waals surface area (Å²) >= 11 is 0. The zero-order chi connectivity index (χ0) is 12.2. The van der Waals surface area contributed by atoms with Crippen LogP contribution in [0, 0.1) is 0 Å². The first-order chi connectivity index (χ1) is 7.47. The molecule has 1 aliphatic rings. The lowest BCUT2D eigenvalue weighted by Crippen LogP contribution is -2.31. The van der Waals surface area contributed by atoms with E-state index < -0.39 is 27.6 Å². The Hall–Kier alpha value is -0.170. The van der Waals surface area contributed by atoms with Gasteiger partial charge in [-0.05, 0) is 25.7 Å². The molecule has 0 aromatic carbocycles. The van der Waals surface area contributed by atoms with Crippen LogP contribution in [0.25, 0.3) is 0 Å². The molecule has 0 spiro atoms. The molecule has 0 aromatic rings. The summed E-state index contributed by atoms with van der Waals surface area (Å²) in [7, 11) is -3.60. The Bertz CT molecular complexity index is 307. The second-order valence-corrected chi connectivity index (χ2v) is 6.36. The molecule has 6 heteroatoms. The number of unbranched alkanes of at least 4 members (excludes halogenated alkanes) is 1. The summed E-state index contributed by atoms with van der Waals surface area (Å²) in [6.45, 7) is 1.75. The molecule has 0 aliphatic heterocycles. The van der Waals surface area contributed by atoms with E-state index in [4.69, 9.17) is 9.29 Å². The maximum Gasteiger partial charge on any atom is 0.273 e. The first-order valence-electron chi connectivity index (χ1n) is 5.65. The Kier molecular flexibility index (Phi) is 4.73. The molecule has 1 fully saturated rings. The van der Waals surface area contributed by atoms with E-state index in [1.54, 1.807) is 0 Å². The lowest BCUT2D eigenvalue weighted by molar-refractivity contribution is 0.0846. The molecule has 1 atom stereocenters. The van der Waals surface area contributed by atoms with E-state index in [1.807, 2.05) is 6.92 Å². The predicted molar refractivity (Wildman–Crippen MR) is 59.5 cm³/mol. The molecule has 16 heavy (non-hydrogen) atoms. The summed E-state index contributed by atoms with van der Waals surface area (Å²) in [6, 6.07) is 0. The van der Waals surface area contributed by atoms with Crippen molar-refractivity contribution in [2.75, 3.05) is 13.2 Å². The highest BCUT2D eigenvalue weighted by molar-refractivity contribution is 7.88. The van der Waals surface area contributed by atoms with Crippen LogP contribution >= 0.6 is 0 Å². The molecule has 1 aliphatic carbocycles. The van der Waals surface area contributed by atoms with Gasteiger partial charge in [0.25, 0.3) is 10.1 Å². The van der Waals surface area contributed by atoms with Gasteiger partial charge in [0.1, 0.15) is 4.75 Å². The first-order valence-corrected chi connectivity index (χ1v) is 7.06. The molecule has 0 heterocycles. The van der Waals surface area contributed by atoms with E-state index in [9.17, 15) is 13.5 Å². The topological polar surface area (TPSA) is 83.8 Å². The predicted octanol–water partition coefficient (Wildman–Crippen LogP) is 0.409. The van der Waals surface area contributed by atoms with Crippen LogP contribution in [0.15, 0.2) is 0 Å². The third kappa shape index (κ3) is 3.16. The Labute approximate surface area is 96.6 Å². The minimum absolute atomic E-state index is 0.0674. The molecule has 5 nitrogen and oxygen atoms in total. The third-order valence-electron chi connectivity index (χ3n) is 2.89. The van der Waals surface area contributed by atoms with Crippen LogP contribution in [-0.2, 0) is 14.3 Å². The van der Waals surface area contributed by atoms with Crippen LogP contribution in [0.5, 0.6) is 0 Å². The lowest BCUT2D eigenvalue weighted by atomic mass is 10.2. The zero-order valence-corrected chi connectivity index (χ0v) is 10.4. The summed E-state index contributed by atoms with van der Waals surface area (Å²) in [6.07, 6.45) is 1.70. The summed E-state index contributed by atoms with van der Waals surface area (Å²) in [5, 5.41) is 18.0. The van der Waals surface area contributed by atoms with E-state index in [1.165, 1.54) is 0 Å². The van der Waals surface area contributed by atoms with Gasteiger partial charge in [0, 0.05) is 0 Å². The molecule has 1 saturated carbocycles. The highest BCUT2D eigenvalue weighted by atomic mass is 32.2. The first kappa shape index (κ1) is 13.9. The average Bonchev–Trinajstić information content (AvgIpc) is 2.99. The molecular formula is C10H20O5S. The van der Waals surface area contributed by atoms with E-state index >= 15 is 0 Å². The molecule has 0 unspecified atom stereocenters. The summed E-state index contributed by atoms with van der Waals surface area (Å²) in [4.78, 5) is 0. The van der Waals surface area contributed by atoms with Crippen molar-refractivity contribution < 1.29 is 22.8 Å². The number of hydrogen-bond donors (Lipinski definition) is 2. The SMILES string of the molecule is CCCCOS(=O)(=O)C1(C[C@@H](O)CO)CC1. The second kappa shape index (κ2) is 5.44. The van der Waals surface area contributed by atoms with Gasteiger partial charge in [0.15, 0.2) is 0 Å². The number of aliphatic hydroxyl groups excluding tert-OH is 2. The van der Waals surface area contributed by atoms with E-state index in [0.29, 0.717) is 19.3 Å². The summed E-state index contributed by atoms with van der Waals surface area (Å²) in [5.74, 6) is 0. The van der Waals surface area contributed by atoms with Crippen molar-refractivity contribution in [3.63, 3.8) is 0 Å². The van der Waals surface area contributed by atoms with Crippen LogP contribution in [0.4, 0.5) is 0 Å². The van der Waals surface area contributed by atoms with Gasteiger partial charge in [-0.15, -0.1) is 0 Å². The van der Waals surface area contributed by atoms with Crippen molar-refractivity contribution in [1.29, 1.82) is 0 Å². The third-order valence-corrected chi connectivity index (χ3v) is 5.01. The average molecular weight is 252 g/mol. The maximum absolute atomic E-state index is 11.8. The monoisotopic (exact) mass is 252 g/mol. The fraction of sp³-hybridized carbons (Fsp3) is 1.00. The largest absolute Gasteiger partial charge is 0.394 e. The van der Waals surface area contributed by atoms with E-state index in [0.717, 1.165) is 6.42 Å². The molecule has 2 N–H and O–H groups in total. The fourth-order valence-electron chi connectivity index (χ4n) is 1.63. The van der Waals surface area contributed by atoms with Crippen molar-refractivity contribution in [3.8, 4) is 0 Å². The van der Waals surface area contributed by atoms with Gasteiger partial charge < -0.3 is 10.2 Å². The van der Waals surface area contributed by atoms with Crippen molar-refractivity contribution in [2.24, 2.45) is 0 Å². The van der Waals surface area contributed by atoms with Crippen LogP contribution in [0.2, 0.25) is 0 Å². The molecule has 1 rings (SSSR count). The quantitative estimate of drug-likeness (QED) is 0.483. The van der Waals surface area contributed by atoms with Gasteiger partial charge in [0.05, 0.1) is 19.3 Å². The number of rotatable bonds is 8. The normalized spacial score (nSPS) is 20.7. The Morgan fingerprint density at radius 1 is 1.44 bits per heavy atom. The molecule has 0 aromatic heterocycles. The van der Waals surface area contributed by atoms with Crippen LogP contribution in [0.1, 0.15) is 39.0 Å². The standard InChI is InChI=1S/C10H20O5S/c1-2-3-6-15-16(13,14)10(4-5-10)7-9(12)8-11/h9,11-12H,2-8H2,1H3/t9-/m1/s1. The number of hydrogen-bond acceptors (Lipinski definition) is 5. The molecular weight excluding hydrogens is 232 g/mol. The van der Waals surface area contributed by atoms with E-state index in [-0.39, 0.29) is 13.0 Å². The molecule has 0 bridgehead atoms. The van der Waals surface area contributed by atoms with Crippen molar-refractivity contribution in [1.82, 2.24) is 0 Å². The van der Waals surface area contributed by atoms with E-state index in [2.05, 4.69) is 0 Å². The second-order valence-electron chi connectivity index (χ2n) is 4.35. The van der Waals surface area contributed by atoms with Gasteiger partial charge in [-0.3, -0.25) is 4.18 Å². The highest BCUT2D eigenvalue weighted by Gasteiger charge is 2.56. The Balaban J connectivity index is 2.54. The molecule has 0 amide bonds. The minimum atomic E-state index is -3.60. The Morgan fingerprint density at radius 3 is 2.50 bits per heavy atom. The van der Waals surface area contributed by atoms with Gasteiger partial charge >= 0.3 is 0 Å². The summed E-state index contributed by atoms with van der Waals surface area (Å²) < 4.78 is 27.6. The van der Waals surface area contributed by atoms with Crippen LogP contribution < -0.4 is 0 Å². The molecule has 96 valence electrons. The smallest absolute Gasteiger partial charge is 0.273 e. The lowest BCUT2D eigenvalue weighted by Gasteiger charge is -2.18. The molecule has 0 saturated heterocycles. The Morgan fingerprint density at radius 2 is 2.06 bits per heavy atom. The van der Waals surface area contributed by atoms with Crippen molar-refractivity contribution >= 4 is 10.1 Å². The fourth-order valence-corrected chi connectivity index (χ4v) is 3.21. The molecule has 0 radical (unpaired) electrons. The number of aliphatic hydroxyl groups is 2. The van der Waals surface area contributed by atoms with Gasteiger partial charge in [-0.25, -0.2) is 0 Å². The summed E-state index contributed by atoms with van der Waals surface area (Å²) in [5.41, 5.74) is 0. The zero-order valence-electron chi connectivity index (χ0n) is 9.55. The minimum Gasteiger partial charge on any atom is -0.394 e. The van der Waals surface area contributed by atoms with Crippen LogP contribution in [-0.4, -0.2) is 42.7 Å². The van der Waals surface area contributed by atoms with Crippen molar-refractivity contribution in [3.05, 3.63) is 0 Å². The van der Waals surface area contributed by atoms with Gasteiger partial charge in [-0.2, -0.15) is 8.42 Å². The van der Waals surface area contributed by atoms with Gasteiger partial charge in [-0.1, -0.05) is 13.3 Å². The van der Waals surface area contributed by atoms with Crippen molar-refractivity contribution in [2.45, 2.75) is 49.9 Å². The van der Waals surface area contributed by atoms with Gasteiger partial charge in [0.2, 0.25) is 0 Å². The maximum atomic E-state index is 11.8.